The SMILES string of the molecule is CC(C)Cc1ccc([C@H](C)C(=O)NC2CCCC2)cc1. The number of rotatable bonds is 5. The van der Waals surface area contributed by atoms with Crippen LogP contribution in [-0.2, 0) is 11.2 Å². The third-order valence-electron chi connectivity index (χ3n) is 4.22. The summed E-state index contributed by atoms with van der Waals surface area (Å²) in [4.78, 5) is 12.3. The average Bonchev–Trinajstić information content (AvgIpc) is 2.91. The van der Waals surface area contributed by atoms with Gasteiger partial charge in [-0.05, 0) is 43.2 Å². The van der Waals surface area contributed by atoms with E-state index in [0.717, 1.165) is 24.8 Å². The lowest BCUT2D eigenvalue weighted by molar-refractivity contribution is -0.122. The Morgan fingerprint density at radius 3 is 2.30 bits per heavy atom. The van der Waals surface area contributed by atoms with Crippen LogP contribution in [0.1, 0.15) is 63.5 Å². The Morgan fingerprint density at radius 2 is 1.75 bits per heavy atom. The van der Waals surface area contributed by atoms with Crippen molar-refractivity contribution < 1.29 is 4.79 Å². The Kier molecular flexibility index (Phi) is 5.22. The first-order valence-electron chi connectivity index (χ1n) is 7.95. The van der Waals surface area contributed by atoms with Gasteiger partial charge in [-0.1, -0.05) is 51.0 Å². The molecule has 0 spiro atoms. The summed E-state index contributed by atoms with van der Waals surface area (Å²) in [7, 11) is 0. The lowest BCUT2D eigenvalue weighted by Crippen LogP contribution is -2.35. The van der Waals surface area contributed by atoms with Gasteiger partial charge in [0.25, 0.3) is 0 Å². The molecule has 0 aliphatic heterocycles. The molecule has 110 valence electrons. The van der Waals surface area contributed by atoms with Crippen molar-refractivity contribution in [2.75, 3.05) is 0 Å². The zero-order valence-corrected chi connectivity index (χ0v) is 13.0. The maximum absolute atomic E-state index is 12.3. The van der Waals surface area contributed by atoms with E-state index in [1.807, 2.05) is 6.92 Å². The molecular formula is C18H27NO. The molecule has 2 heteroatoms. The highest BCUT2D eigenvalue weighted by Crippen LogP contribution is 2.21. The molecule has 1 aliphatic carbocycles. The quantitative estimate of drug-likeness (QED) is 0.861. The second-order valence-electron chi connectivity index (χ2n) is 6.55. The Balaban J connectivity index is 1.93. The van der Waals surface area contributed by atoms with E-state index in [4.69, 9.17) is 0 Å². The number of carbonyl (C=O) groups excluding carboxylic acids is 1. The van der Waals surface area contributed by atoms with E-state index in [1.54, 1.807) is 0 Å². The molecule has 1 saturated carbocycles. The maximum atomic E-state index is 12.3. The first-order valence-corrected chi connectivity index (χ1v) is 7.95. The van der Waals surface area contributed by atoms with E-state index in [1.165, 1.54) is 18.4 Å². The molecular weight excluding hydrogens is 246 g/mol. The molecule has 1 aromatic rings. The zero-order valence-electron chi connectivity index (χ0n) is 13.0. The minimum absolute atomic E-state index is 0.0521. The number of benzene rings is 1. The van der Waals surface area contributed by atoms with E-state index >= 15 is 0 Å². The van der Waals surface area contributed by atoms with Crippen LogP contribution in [0, 0.1) is 5.92 Å². The van der Waals surface area contributed by atoms with Crippen LogP contribution in [0.5, 0.6) is 0 Å². The molecule has 1 N–H and O–H groups in total. The minimum atomic E-state index is -0.0521. The lowest BCUT2D eigenvalue weighted by Gasteiger charge is -2.17. The summed E-state index contributed by atoms with van der Waals surface area (Å²) in [6.45, 7) is 6.46. The first kappa shape index (κ1) is 15.1. The fourth-order valence-corrected chi connectivity index (χ4v) is 2.96. The number of hydrogen-bond acceptors (Lipinski definition) is 1. The topological polar surface area (TPSA) is 29.1 Å². The van der Waals surface area contributed by atoms with Gasteiger partial charge in [-0.3, -0.25) is 4.79 Å². The smallest absolute Gasteiger partial charge is 0.227 e. The first-order chi connectivity index (χ1) is 9.56. The molecule has 0 radical (unpaired) electrons. The zero-order chi connectivity index (χ0) is 14.5. The van der Waals surface area contributed by atoms with Crippen LogP contribution in [0.3, 0.4) is 0 Å². The van der Waals surface area contributed by atoms with Crippen LogP contribution < -0.4 is 5.32 Å². The molecule has 2 rings (SSSR count). The Morgan fingerprint density at radius 1 is 1.15 bits per heavy atom. The molecule has 2 nitrogen and oxygen atoms in total. The van der Waals surface area contributed by atoms with Gasteiger partial charge in [0.1, 0.15) is 0 Å². The monoisotopic (exact) mass is 273 g/mol. The molecule has 1 aromatic carbocycles. The van der Waals surface area contributed by atoms with Crippen molar-refractivity contribution in [2.24, 2.45) is 5.92 Å². The van der Waals surface area contributed by atoms with E-state index < -0.39 is 0 Å². The van der Waals surface area contributed by atoms with Gasteiger partial charge in [0.2, 0.25) is 5.91 Å². The summed E-state index contributed by atoms with van der Waals surface area (Å²) >= 11 is 0. The van der Waals surface area contributed by atoms with Crippen LogP contribution in [0.25, 0.3) is 0 Å². The Hall–Kier alpha value is -1.31. The molecule has 0 heterocycles. The summed E-state index contributed by atoms with van der Waals surface area (Å²) in [5, 5.41) is 3.18. The van der Waals surface area contributed by atoms with Crippen molar-refractivity contribution in [1.82, 2.24) is 5.32 Å². The summed E-state index contributed by atoms with van der Waals surface area (Å²) in [6, 6.07) is 8.95. The molecule has 0 saturated heterocycles. The number of nitrogens with one attached hydrogen (secondary N) is 1. The molecule has 0 aromatic heterocycles. The maximum Gasteiger partial charge on any atom is 0.227 e. The molecule has 0 bridgehead atoms. The Bertz CT molecular complexity index is 429. The van der Waals surface area contributed by atoms with E-state index in [-0.39, 0.29) is 11.8 Å². The second-order valence-corrected chi connectivity index (χ2v) is 6.55. The average molecular weight is 273 g/mol. The van der Waals surface area contributed by atoms with E-state index in [0.29, 0.717) is 12.0 Å². The fourth-order valence-electron chi connectivity index (χ4n) is 2.96. The third kappa shape index (κ3) is 4.09. The Labute approximate surface area is 123 Å². The van der Waals surface area contributed by atoms with Crippen molar-refractivity contribution in [3.05, 3.63) is 35.4 Å². The predicted octanol–water partition coefficient (Wildman–Crippen LogP) is 4.05. The third-order valence-corrected chi connectivity index (χ3v) is 4.22. The summed E-state index contributed by atoms with van der Waals surface area (Å²) in [6.07, 6.45) is 5.90. The van der Waals surface area contributed by atoms with Crippen LogP contribution in [0.2, 0.25) is 0 Å². The molecule has 0 unspecified atom stereocenters. The summed E-state index contributed by atoms with van der Waals surface area (Å²) in [5.41, 5.74) is 2.47. The highest BCUT2D eigenvalue weighted by molar-refractivity contribution is 5.83. The molecule has 1 fully saturated rings. The highest BCUT2D eigenvalue weighted by atomic mass is 16.1. The number of amides is 1. The van der Waals surface area contributed by atoms with E-state index in [9.17, 15) is 4.79 Å². The van der Waals surface area contributed by atoms with Gasteiger partial charge in [-0.2, -0.15) is 0 Å². The van der Waals surface area contributed by atoms with Crippen LogP contribution in [0.4, 0.5) is 0 Å². The van der Waals surface area contributed by atoms with Gasteiger partial charge in [0.05, 0.1) is 5.92 Å². The molecule has 1 aliphatic rings. The fraction of sp³-hybridized carbons (Fsp3) is 0.611. The van der Waals surface area contributed by atoms with Crippen LogP contribution >= 0.6 is 0 Å². The summed E-state index contributed by atoms with van der Waals surface area (Å²) < 4.78 is 0. The molecule has 20 heavy (non-hydrogen) atoms. The highest BCUT2D eigenvalue weighted by Gasteiger charge is 2.21. The van der Waals surface area contributed by atoms with Gasteiger partial charge in [0, 0.05) is 6.04 Å². The molecule has 1 atom stereocenters. The van der Waals surface area contributed by atoms with Crippen molar-refractivity contribution >= 4 is 5.91 Å². The van der Waals surface area contributed by atoms with Crippen LogP contribution in [0.15, 0.2) is 24.3 Å². The van der Waals surface area contributed by atoms with Gasteiger partial charge in [0.15, 0.2) is 0 Å². The van der Waals surface area contributed by atoms with Gasteiger partial charge in [-0.25, -0.2) is 0 Å². The van der Waals surface area contributed by atoms with Crippen molar-refractivity contribution in [1.29, 1.82) is 0 Å². The summed E-state index contributed by atoms with van der Waals surface area (Å²) in [5.74, 6) is 0.793. The van der Waals surface area contributed by atoms with Crippen LogP contribution in [-0.4, -0.2) is 11.9 Å². The van der Waals surface area contributed by atoms with Crippen molar-refractivity contribution in [3.8, 4) is 0 Å². The minimum Gasteiger partial charge on any atom is -0.353 e. The van der Waals surface area contributed by atoms with Gasteiger partial charge in [-0.15, -0.1) is 0 Å². The van der Waals surface area contributed by atoms with Crippen molar-refractivity contribution in [2.45, 2.75) is 64.8 Å². The van der Waals surface area contributed by atoms with Crippen molar-refractivity contribution in [3.63, 3.8) is 0 Å². The number of carbonyl (C=O) groups is 1. The lowest BCUT2D eigenvalue weighted by atomic mass is 9.96. The standard InChI is InChI=1S/C18H27NO/c1-13(2)12-15-8-10-16(11-9-15)14(3)18(20)19-17-6-4-5-7-17/h8-11,13-14,17H,4-7,12H2,1-3H3,(H,19,20)/t14-/m0/s1. The normalized spacial score (nSPS) is 17.4. The predicted molar refractivity (Wildman–Crippen MR) is 83.8 cm³/mol. The van der Waals surface area contributed by atoms with E-state index in [2.05, 4.69) is 43.4 Å². The largest absolute Gasteiger partial charge is 0.353 e. The van der Waals surface area contributed by atoms with Gasteiger partial charge < -0.3 is 5.32 Å². The van der Waals surface area contributed by atoms with Gasteiger partial charge >= 0.3 is 0 Å². The molecule has 1 amide bonds. The second kappa shape index (κ2) is 6.92. The number of hydrogen-bond donors (Lipinski definition) is 1.